The van der Waals surface area contributed by atoms with E-state index in [9.17, 15) is 27.9 Å². The summed E-state index contributed by atoms with van der Waals surface area (Å²) in [7, 11) is -3.84. The van der Waals surface area contributed by atoms with Crippen molar-refractivity contribution in [3.8, 4) is 0 Å². The number of fused-ring (bicyclic) bond motifs is 1. The second kappa shape index (κ2) is 16.2. The minimum absolute atomic E-state index is 0.0707. The average Bonchev–Trinajstić information content (AvgIpc) is 2.97. The van der Waals surface area contributed by atoms with Gasteiger partial charge in [0.2, 0.25) is 17.7 Å². The number of rotatable bonds is 14. The largest absolute Gasteiger partial charge is 0.390 e. The first kappa shape index (κ1) is 38.9. The number of ether oxygens (including phenoxy) is 1. The summed E-state index contributed by atoms with van der Waals surface area (Å²) in [5.41, 5.74) is 0.443. The number of hydrogen-bond donors (Lipinski definition) is 4. The summed E-state index contributed by atoms with van der Waals surface area (Å²) in [4.78, 5) is 42.5. The van der Waals surface area contributed by atoms with Crippen LogP contribution in [0.1, 0.15) is 86.1 Å². The molecule has 1 saturated heterocycles. The monoisotopic (exact) mass is 678 g/mol. The molecule has 266 valence electrons. The molecule has 3 rings (SSSR count). The second-order valence-electron chi connectivity index (χ2n) is 15.4. The summed E-state index contributed by atoms with van der Waals surface area (Å²) >= 11 is 0. The van der Waals surface area contributed by atoms with Crippen molar-refractivity contribution >= 4 is 27.6 Å². The molecule has 3 amide bonds. The maximum Gasteiger partial charge on any atom is 0.246 e. The maximum atomic E-state index is 14.0. The smallest absolute Gasteiger partial charge is 0.246 e. The lowest BCUT2D eigenvalue weighted by atomic mass is 9.72. The highest BCUT2D eigenvalue weighted by Gasteiger charge is 2.46. The van der Waals surface area contributed by atoms with Crippen LogP contribution in [0.2, 0.25) is 0 Å². The number of piperidine rings is 1. The zero-order chi connectivity index (χ0) is 35.2. The van der Waals surface area contributed by atoms with Gasteiger partial charge in [-0.1, -0.05) is 49.6 Å². The Bertz CT molecular complexity index is 1310. The molecule has 0 bridgehead atoms. The summed E-state index contributed by atoms with van der Waals surface area (Å²) < 4.78 is 29.5. The van der Waals surface area contributed by atoms with Crippen molar-refractivity contribution in [2.24, 2.45) is 11.8 Å². The Balaban J connectivity index is 1.91. The summed E-state index contributed by atoms with van der Waals surface area (Å²) in [6.45, 7) is 12.6. The van der Waals surface area contributed by atoms with Crippen molar-refractivity contribution in [1.29, 1.82) is 0 Å². The molecule has 1 aromatic rings. The minimum Gasteiger partial charge on any atom is -0.390 e. The van der Waals surface area contributed by atoms with E-state index in [2.05, 4.69) is 20.9 Å². The zero-order valence-electron chi connectivity index (χ0n) is 29.5. The molecule has 4 N–H and O–H groups in total. The molecule has 0 aromatic heterocycles. The van der Waals surface area contributed by atoms with Gasteiger partial charge in [0.1, 0.15) is 12.6 Å². The van der Waals surface area contributed by atoms with Gasteiger partial charge in [0.05, 0.1) is 29.0 Å². The molecule has 6 unspecified atom stereocenters. The molecular formula is C35H58N4O7S. The average molecular weight is 679 g/mol. The standard InChI is InChI=1S/C35H58N4O7S/c1-23(2)46-22-30(41)37-31(35(6,7)47(8,44)45)33(43)36-27(18-24-14-10-9-11-15-24)29(40)21-39-20-26-17-13-12-16-25(26)19-28(39)32(42)38-34(3,4)5/h9-11,14-15,23,25-29,31,40H,12-13,16-22H2,1-8H3,(H,36,43)(H,37,41)(H,38,42). The molecule has 12 heteroatoms. The van der Waals surface area contributed by atoms with Gasteiger partial charge in [-0.3, -0.25) is 19.3 Å². The van der Waals surface area contributed by atoms with Crippen molar-refractivity contribution in [3.05, 3.63) is 35.9 Å². The molecule has 2 aliphatic rings. The van der Waals surface area contributed by atoms with Gasteiger partial charge in [-0.15, -0.1) is 0 Å². The lowest BCUT2D eigenvalue weighted by Crippen LogP contribution is -2.64. The van der Waals surface area contributed by atoms with E-state index in [4.69, 9.17) is 4.74 Å². The van der Waals surface area contributed by atoms with Crippen LogP contribution in [0.15, 0.2) is 30.3 Å². The van der Waals surface area contributed by atoms with Crippen molar-refractivity contribution < 1.29 is 32.6 Å². The topological polar surface area (TPSA) is 154 Å². The highest BCUT2D eigenvalue weighted by atomic mass is 32.2. The normalized spacial score (nSPS) is 22.9. The van der Waals surface area contributed by atoms with Crippen LogP contribution < -0.4 is 16.0 Å². The molecule has 11 nitrogen and oxygen atoms in total. The number of sulfone groups is 1. The molecule has 1 saturated carbocycles. The van der Waals surface area contributed by atoms with E-state index >= 15 is 0 Å². The van der Waals surface area contributed by atoms with Crippen molar-refractivity contribution in [2.45, 2.75) is 128 Å². The van der Waals surface area contributed by atoms with E-state index in [-0.39, 0.29) is 31.6 Å². The fourth-order valence-electron chi connectivity index (χ4n) is 6.63. The summed E-state index contributed by atoms with van der Waals surface area (Å²) in [5, 5.41) is 20.5. The van der Waals surface area contributed by atoms with Crippen LogP contribution in [-0.4, -0.2) is 103 Å². The van der Waals surface area contributed by atoms with Crippen molar-refractivity contribution in [1.82, 2.24) is 20.9 Å². The van der Waals surface area contributed by atoms with E-state index in [0.29, 0.717) is 24.8 Å². The van der Waals surface area contributed by atoms with Gasteiger partial charge < -0.3 is 25.8 Å². The summed E-state index contributed by atoms with van der Waals surface area (Å²) in [6, 6.07) is 6.66. The maximum absolute atomic E-state index is 14.0. The Labute approximate surface area is 281 Å². The molecule has 0 spiro atoms. The van der Waals surface area contributed by atoms with Crippen LogP contribution in [0.25, 0.3) is 0 Å². The van der Waals surface area contributed by atoms with Gasteiger partial charge in [-0.2, -0.15) is 0 Å². The lowest BCUT2D eigenvalue weighted by molar-refractivity contribution is -0.134. The van der Waals surface area contributed by atoms with Crippen LogP contribution in [-0.2, 0) is 35.4 Å². The molecule has 1 aromatic carbocycles. The van der Waals surface area contributed by atoms with Crippen molar-refractivity contribution in [2.75, 3.05) is 26.0 Å². The quantitative estimate of drug-likeness (QED) is 0.234. The van der Waals surface area contributed by atoms with E-state index in [1.165, 1.54) is 13.8 Å². The highest BCUT2D eigenvalue weighted by molar-refractivity contribution is 7.92. The number of nitrogens with one attached hydrogen (secondary N) is 3. The number of aliphatic hydroxyl groups is 1. The molecule has 1 aliphatic heterocycles. The molecule has 1 heterocycles. The Morgan fingerprint density at radius 3 is 2.19 bits per heavy atom. The lowest BCUT2D eigenvalue weighted by Gasteiger charge is -2.47. The third-order valence-electron chi connectivity index (χ3n) is 9.58. The number of carbonyl (C=O) groups is 3. The van der Waals surface area contributed by atoms with Crippen LogP contribution in [0, 0.1) is 11.8 Å². The summed E-state index contributed by atoms with van der Waals surface area (Å²) in [5.74, 6) is -0.543. The predicted octanol–water partition coefficient (Wildman–Crippen LogP) is 2.60. The first-order valence-electron chi connectivity index (χ1n) is 17.0. The van der Waals surface area contributed by atoms with Crippen LogP contribution in [0.3, 0.4) is 0 Å². The number of aliphatic hydroxyl groups excluding tert-OH is 1. The van der Waals surface area contributed by atoms with Gasteiger partial charge in [-0.25, -0.2) is 8.42 Å². The molecule has 47 heavy (non-hydrogen) atoms. The number of β-amino-alcohol motifs (C(OH)–C–C–N with tert-alkyl or cyclic N) is 1. The first-order valence-corrected chi connectivity index (χ1v) is 18.9. The fraction of sp³-hybridized carbons (Fsp3) is 0.743. The van der Waals surface area contributed by atoms with Crippen LogP contribution in [0.5, 0.6) is 0 Å². The molecule has 0 radical (unpaired) electrons. The molecule has 2 fully saturated rings. The van der Waals surface area contributed by atoms with Crippen LogP contribution in [0.4, 0.5) is 0 Å². The SMILES string of the molecule is CC(C)OCC(=O)NC(C(=O)NC(Cc1ccccc1)C(O)CN1CC2CCCCC2CC1C(=O)NC(C)(C)C)C(C)(C)S(C)(=O)=O. The number of carbonyl (C=O) groups excluding carboxylic acids is 3. The minimum atomic E-state index is -3.84. The third-order valence-corrected chi connectivity index (χ3v) is 11.7. The van der Waals surface area contributed by atoms with E-state index < -0.39 is 56.2 Å². The van der Waals surface area contributed by atoms with Gasteiger partial charge in [0.25, 0.3) is 0 Å². The number of amides is 3. The number of nitrogens with zero attached hydrogens (tertiary/aromatic N) is 1. The van der Waals surface area contributed by atoms with Gasteiger partial charge >= 0.3 is 0 Å². The first-order chi connectivity index (χ1) is 21.8. The van der Waals surface area contributed by atoms with Gasteiger partial charge in [-0.05, 0) is 85.1 Å². The van der Waals surface area contributed by atoms with E-state index in [1.807, 2.05) is 51.1 Å². The van der Waals surface area contributed by atoms with Crippen molar-refractivity contribution in [3.63, 3.8) is 0 Å². The zero-order valence-corrected chi connectivity index (χ0v) is 30.4. The Hall–Kier alpha value is -2.54. The number of benzene rings is 1. The van der Waals surface area contributed by atoms with E-state index in [0.717, 1.165) is 37.5 Å². The highest BCUT2D eigenvalue weighted by Crippen LogP contribution is 2.39. The van der Waals surface area contributed by atoms with Gasteiger partial charge in [0, 0.05) is 24.9 Å². The fourth-order valence-corrected chi connectivity index (χ4v) is 7.22. The second-order valence-corrected chi connectivity index (χ2v) is 18.0. The van der Waals surface area contributed by atoms with Crippen LogP contribution >= 0.6 is 0 Å². The van der Waals surface area contributed by atoms with Gasteiger partial charge in [0.15, 0.2) is 9.84 Å². The summed E-state index contributed by atoms with van der Waals surface area (Å²) in [6.07, 6.45) is 5.13. The molecular weight excluding hydrogens is 620 g/mol. The Morgan fingerprint density at radius 2 is 1.62 bits per heavy atom. The predicted molar refractivity (Wildman–Crippen MR) is 183 cm³/mol. The third kappa shape index (κ3) is 11.3. The Kier molecular flexibility index (Phi) is 13.4. The Morgan fingerprint density at radius 1 is 1.00 bits per heavy atom. The number of likely N-dealkylation sites (tertiary alicyclic amines) is 1. The van der Waals surface area contributed by atoms with E-state index in [1.54, 1.807) is 13.8 Å². The molecule has 6 atom stereocenters. The molecule has 1 aliphatic carbocycles. The number of hydrogen-bond acceptors (Lipinski definition) is 8.